The third-order valence-corrected chi connectivity index (χ3v) is 3.23. The number of carboxylic acids is 1. The van der Waals surface area contributed by atoms with Gasteiger partial charge in [-0.25, -0.2) is 4.98 Å². The highest BCUT2D eigenvalue weighted by Gasteiger charge is 2.23. The van der Waals surface area contributed by atoms with Crippen molar-refractivity contribution in [1.82, 2.24) is 9.97 Å². The van der Waals surface area contributed by atoms with Gasteiger partial charge in [-0.3, -0.25) is 4.79 Å². The van der Waals surface area contributed by atoms with Crippen molar-refractivity contribution in [3.63, 3.8) is 0 Å². The first-order valence-electron chi connectivity index (χ1n) is 5.68. The van der Waals surface area contributed by atoms with E-state index in [1.807, 2.05) is 32.0 Å². The molecule has 17 heavy (non-hydrogen) atoms. The van der Waals surface area contributed by atoms with Crippen molar-refractivity contribution in [3.05, 3.63) is 29.6 Å². The van der Waals surface area contributed by atoms with E-state index in [0.29, 0.717) is 0 Å². The summed E-state index contributed by atoms with van der Waals surface area (Å²) in [6, 6.07) is 5.96. The Balaban J connectivity index is 2.39. The molecule has 2 N–H and O–H groups in total. The van der Waals surface area contributed by atoms with Crippen LogP contribution in [-0.2, 0) is 4.79 Å². The van der Waals surface area contributed by atoms with E-state index in [-0.39, 0.29) is 5.92 Å². The van der Waals surface area contributed by atoms with Crippen LogP contribution in [0.2, 0.25) is 0 Å². The number of aliphatic carboxylic acids is 1. The van der Waals surface area contributed by atoms with Crippen molar-refractivity contribution in [3.8, 4) is 0 Å². The SMILES string of the molecule is Cc1ccc2nc(C(C)C(C)C(=O)O)[nH]c2c1. The van der Waals surface area contributed by atoms with Crippen LogP contribution >= 0.6 is 0 Å². The first-order chi connectivity index (χ1) is 7.99. The Kier molecular flexibility index (Phi) is 2.88. The molecular weight excluding hydrogens is 216 g/mol. The van der Waals surface area contributed by atoms with Gasteiger partial charge < -0.3 is 10.1 Å². The minimum atomic E-state index is -0.797. The summed E-state index contributed by atoms with van der Waals surface area (Å²) < 4.78 is 0. The van der Waals surface area contributed by atoms with Crippen LogP contribution in [0, 0.1) is 12.8 Å². The number of carboxylic acid groups (broad SMARTS) is 1. The number of fused-ring (bicyclic) bond motifs is 1. The molecule has 0 aliphatic carbocycles. The Morgan fingerprint density at radius 2 is 2.12 bits per heavy atom. The fraction of sp³-hybridized carbons (Fsp3) is 0.385. The molecule has 2 rings (SSSR count). The largest absolute Gasteiger partial charge is 0.481 e. The molecule has 4 nitrogen and oxygen atoms in total. The fourth-order valence-corrected chi connectivity index (χ4v) is 1.81. The summed E-state index contributed by atoms with van der Waals surface area (Å²) in [5.41, 5.74) is 3.01. The highest BCUT2D eigenvalue weighted by molar-refractivity contribution is 5.76. The number of aromatic nitrogens is 2. The number of aryl methyl sites for hydroxylation is 1. The van der Waals surface area contributed by atoms with Crippen LogP contribution in [0.15, 0.2) is 18.2 Å². The van der Waals surface area contributed by atoms with Gasteiger partial charge in [-0.2, -0.15) is 0 Å². The van der Waals surface area contributed by atoms with Gasteiger partial charge in [0, 0.05) is 5.92 Å². The zero-order valence-corrected chi connectivity index (χ0v) is 10.2. The van der Waals surface area contributed by atoms with Crippen LogP contribution in [0.1, 0.15) is 31.2 Å². The van der Waals surface area contributed by atoms with Crippen molar-refractivity contribution in [2.24, 2.45) is 5.92 Å². The van der Waals surface area contributed by atoms with Crippen LogP contribution in [0.4, 0.5) is 0 Å². The van der Waals surface area contributed by atoms with Crippen molar-refractivity contribution in [2.45, 2.75) is 26.7 Å². The number of rotatable bonds is 3. The molecule has 0 bridgehead atoms. The number of benzene rings is 1. The molecule has 1 heterocycles. The maximum absolute atomic E-state index is 10.9. The molecule has 1 aromatic carbocycles. The van der Waals surface area contributed by atoms with E-state index < -0.39 is 11.9 Å². The number of nitrogens with one attached hydrogen (secondary N) is 1. The summed E-state index contributed by atoms with van der Waals surface area (Å²) in [5.74, 6) is -0.633. The van der Waals surface area contributed by atoms with Crippen LogP contribution in [0.25, 0.3) is 11.0 Å². The van der Waals surface area contributed by atoms with Gasteiger partial charge in [-0.15, -0.1) is 0 Å². The second-order valence-corrected chi connectivity index (χ2v) is 4.56. The Bertz CT molecular complexity index is 560. The number of hydrogen-bond donors (Lipinski definition) is 2. The standard InChI is InChI=1S/C13H16N2O2/c1-7-4-5-10-11(6-7)15-12(14-10)8(2)9(3)13(16)17/h4-6,8-9H,1-3H3,(H,14,15)(H,16,17). The van der Waals surface area contributed by atoms with Gasteiger partial charge >= 0.3 is 5.97 Å². The molecule has 2 unspecified atom stereocenters. The smallest absolute Gasteiger partial charge is 0.306 e. The zero-order valence-electron chi connectivity index (χ0n) is 10.2. The molecule has 0 saturated heterocycles. The predicted octanol–water partition coefficient (Wildman–Crippen LogP) is 2.70. The van der Waals surface area contributed by atoms with Crippen molar-refractivity contribution >= 4 is 17.0 Å². The highest BCUT2D eigenvalue weighted by Crippen LogP contribution is 2.24. The van der Waals surface area contributed by atoms with E-state index in [4.69, 9.17) is 5.11 Å². The second kappa shape index (κ2) is 4.20. The normalized spacial score (nSPS) is 14.8. The summed E-state index contributed by atoms with van der Waals surface area (Å²) in [6.45, 7) is 5.60. The fourth-order valence-electron chi connectivity index (χ4n) is 1.81. The van der Waals surface area contributed by atoms with Crippen molar-refractivity contribution in [1.29, 1.82) is 0 Å². The van der Waals surface area contributed by atoms with E-state index in [0.717, 1.165) is 22.4 Å². The first kappa shape index (κ1) is 11.6. The molecular formula is C13H16N2O2. The Morgan fingerprint density at radius 3 is 2.76 bits per heavy atom. The van der Waals surface area contributed by atoms with E-state index in [1.54, 1.807) is 6.92 Å². The molecule has 2 aromatic rings. The van der Waals surface area contributed by atoms with Gasteiger partial charge in [-0.05, 0) is 24.6 Å². The minimum Gasteiger partial charge on any atom is -0.481 e. The van der Waals surface area contributed by atoms with Crippen LogP contribution in [0.3, 0.4) is 0 Å². The van der Waals surface area contributed by atoms with Crippen molar-refractivity contribution < 1.29 is 9.90 Å². The van der Waals surface area contributed by atoms with Crippen LogP contribution < -0.4 is 0 Å². The summed E-state index contributed by atoms with van der Waals surface area (Å²) in [4.78, 5) is 18.6. The number of nitrogens with zero attached hydrogens (tertiary/aromatic N) is 1. The summed E-state index contributed by atoms with van der Waals surface area (Å²) >= 11 is 0. The molecule has 0 aliphatic heterocycles. The third kappa shape index (κ3) is 2.16. The van der Waals surface area contributed by atoms with E-state index >= 15 is 0 Å². The molecule has 0 fully saturated rings. The number of carbonyl (C=O) groups is 1. The second-order valence-electron chi connectivity index (χ2n) is 4.56. The number of imidazole rings is 1. The number of H-pyrrole nitrogens is 1. The van der Waals surface area contributed by atoms with Crippen LogP contribution in [0.5, 0.6) is 0 Å². The molecule has 0 amide bonds. The minimum absolute atomic E-state index is 0.125. The van der Waals surface area contributed by atoms with E-state index in [1.165, 1.54) is 0 Å². The highest BCUT2D eigenvalue weighted by atomic mass is 16.4. The van der Waals surface area contributed by atoms with E-state index in [2.05, 4.69) is 9.97 Å². The van der Waals surface area contributed by atoms with Gasteiger partial charge in [-0.1, -0.05) is 19.9 Å². The lowest BCUT2D eigenvalue weighted by atomic mass is 9.96. The van der Waals surface area contributed by atoms with Gasteiger partial charge in [0.2, 0.25) is 0 Å². The first-order valence-corrected chi connectivity index (χ1v) is 5.68. The van der Waals surface area contributed by atoms with Gasteiger partial charge in [0.25, 0.3) is 0 Å². The summed E-state index contributed by atoms with van der Waals surface area (Å²) in [7, 11) is 0. The Hall–Kier alpha value is -1.84. The molecule has 1 aromatic heterocycles. The molecule has 0 saturated carbocycles. The predicted molar refractivity (Wildman–Crippen MR) is 66.0 cm³/mol. The topological polar surface area (TPSA) is 66.0 Å². The monoisotopic (exact) mass is 232 g/mol. The quantitative estimate of drug-likeness (QED) is 0.855. The van der Waals surface area contributed by atoms with E-state index in [9.17, 15) is 4.79 Å². The summed E-state index contributed by atoms with van der Waals surface area (Å²) in [5, 5.41) is 8.99. The zero-order chi connectivity index (χ0) is 12.6. The lowest BCUT2D eigenvalue weighted by Crippen LogP contribution is -2.17. The lowest BCUT2D eigenvalue weighted by molar-refractivity contribution is -0.141. The lowest BCUT2D eigenvalue weighted by Gasteiger charge is -2.12. The van der Waals surface area contributed by atoms with Gasteiger partial charge in [0.15, 0.2) is 0 Å². The maximum Gasteiger partial charge on any atom is 0.306 e. The van der Waals surface area contributed by atoms with Gasteiger partial charge in [0.1, 0.15) is 5.82 Å². The van der Waals surface area contributed by atoms with Crippen LogP contribution in [-0.4, -0.2) is 21.0 Å². The summed E-state index contributed by atoms with van der Waals surface area (Å²) in [6.07, 6.45) is 0. The van der Waals surface area contributed by atoms with Gasteiger partial charge in [0.05, 0.1) is 17.0 Å². The molecule has 0 aliphatic rings. The molecule has 2 atom stereocenters. The Morgan fingerprint density at radius 1 is 1.41 bits per heavy atom. The molecule has 4 heteroatoms. The number of hydrogen-bond acceptors (Lipinski definition) is 2. The number of aromatic amines is 1. The molecule has 0 radical (unpaired) electrons. The third-order valence-electron chi connectivity index (χ3n) is 3.23. The average molecular weight is 232 g/mol. The van der Waals surface area contributed by atoms with Crippen molar-refractivity contribution in [2.75, 3.05) is 0 Å². The average Bonchev–Trinajstić information content (AvgIpc) is 2.69. The Labute approximate surface area is 99.7 Å². The maximum atomic E-state index is 10.9. The molecule has 0 spiro atoms. The molecule has 90 valence electrons.